The fourth-order valence-corrected chi connectivity index (χ4v) is 4.27. The number of hydrogen-bond acceptors (Lipinski definition) is 5. The molecular formula is C24H36N6O. The van der Waals surface area contributed by atoms with Gasteiger partial charge in [0.15, 0.2) is 5.65 Å². The maximum absolute atomic E-state index is 13.7. The van der Waals surface area contributed by atoms with E-state index in [1.54, 1.807) is 0 Å². The Hall–Kier alpha value is -2.46. The minimum absolute atomic E-state index is 0.0311. The molecule has 7 heteroatoms. The highest BCUT2D eigenvalue weighted by Crippen LogP contribution is 2.30. The largest absolute Gasteiger partial charge is 0.336 e. The van der Waals surface area contributed by atoms with Crippen LogP contribution < -0.4 is 0 Å². The average molecular weight is 425 g/mol. The molecule has 1 unspecified atom stereocenters. The molecule has 168 valence electrons. The number of piperazine rings is 1. The monoisotopic (exact) mass is 424 g/mol. The molecule has 0 bridgehead atoms. The van der Waals surface area contributed by atoms with E-state index < -0.39 is 0 Å². The molecule has 0 aliphatic carbocycles. The fraction of sp³-hybridized carbons (Fsp3) is 0.667. The van der Waals surface area contributed by atoms with Gasteiger partial charge in [-0.2, -0.15) is 10.4 Å². The highest BCUT2D eigenvalue weighted by Gasteiger charge is 2.31. The van der Waals surface area contributed by atoms with E-state index in [9.17, 15) is 10.1 Å². The lowest BCUT2D eigenvalue weighted by atomic mass is 10.0. The number of carbonyl (C=O) groups is 1. The number of aromatic nitrogens is 3. The Labute approximate surface area is 186 Å². The lowest BCUT2D eigenvalue weighted by Crippen LogP contribution is -2.52. The van der Waals surface area contributed by atoms with E-state index >= 15 is 0 Å². The fourth-order valence-electron chi connectivity index (χ4n) is 4.27. The summed E-state index contributed by atoms with van der Waals surface area (Å²) >= 11 is 0. The molecule has 1 aliphatic rings. The summed E-state index contributed by atoms with van der Waals surface area (Å²) in [5.74, 6) is 0.508. The molecule has 0 spiro atoms. The Morgan fingerprint density at radius 3 is 2.23 bits per heavy atom. The van der Waals surface area contributed by atoms with Crippen LogP contribution in [0.25, 0.3) is 11.0 Å². The number of fused-ring (bicyclic) bond motifs is 1. The number of hydrogen-bond donors (Lipinski definition) is 0. The zero-order valence-electron chi connectivity index (χ0n) is 20.2. The molecule has 1 atom stereocenters. The van der Waals surface area contributed by atoms with E-state index in [2.05, 4.69) is 59.4 Å². The second-order valence-electron chi connectivity index (χ2n) is 10.3. The van der Waals surface area contributed by atoms with Crippen LogP contribution in [0, 0.1) is 24.2 Å². The average Bonchev–Trinajstić information content (AvgIpc) is 3.04. The van der Waals surface area contributed by atoms with Gasteiger partial charge in [0.2, 0.25) is 0 Å². The second-order valence-corrected chi connectivity index (χ2v) is 10.3. The molecule has 1 saturated heterocycles. The first-order valence-corrected chi connectivity index (χ1v) is 11.3. The number of amides is 1. The van der Waals surface area contributed by atoms with Gasteiger partial charge in [-0.05, 0) is 45.6 Å². The number of carbonyl (C=O) groups excluding carboxylic acids is 1. The number of nitrogens with zero attached hydrogens (tertiary/aromatic N) is 6. The summed E-state index contributed by atoms with van der Waals surface area (Å²) in [5, 5.41) is 15.1. The molecule has 2 aromatic heterocycles. The summed E-state index contributed by atoms with van der Waals surface area (Å²) < 4.78 is 1.94. The van der Waals surface area contributed by atoms with E-state index in [4.69, 9.17) is 10.1 Å². The molecule has 7 nitrogen and oxygen atoms in total. The van der Waals surface area contributed by atoms with Gasteiger partial charge in [-0.1, -0.05) is 27.7 Å². The number of nitriles is 1. The lowest BCUT2D eigenvalue weighted by Gasteiger charge is -2.38. The molecule has 1 amide bonds. The molecule has 1 aliphatic heterocycles. The van der Waals surface area contributed by atoms with Crippen molar-refractivity contribution in [2.75, 3.05) is 26.2 Å². The SMILES string of the molecule is Cc1nn(C(C)(C)C)c2nc(C(C)C)cc(C(=O)N3CCN(C(C#N)C(C)C)CC3)c12. The third kappa shape index (κ3) is 4.45. The Balaban J connectivity index is 1.98. The summed E-state index contributed by atoms with van der Waals surface area (Å²) in [6.07, 6.45) is 0. The maximum atomic E-state index is 13.7. The van der Waals surface area contributed by atoms with Gasteiger partial charge >= 0.3 is 0 Å². The second kappa shape index (κ2) is 8.58. The van der Waals surface area contributed by atoms with Crippen LogP contribution in [0.3, 0.4) is 0 Å². The Morgan fingerprint density at radius 2 is 1.74 bits per heavy atom. The van der Waals surface area contributed by atoms with Crippen molar-refractivity contribution in [1.82, 2.24) is 24.6 Å². The lowest BCUT2D eigenvalue weighted by molar-refractivity contribution is 0.0578. The third-order valence-electron chi connectivity index (χ3n) is 6.05. The molecule has 31 heavy (non-hydrogen) atoms. The van der Waals surface area contributed by atoms with Crippen molar-refractivity contribution in [2.24, 2.45) is 5.92 Å². The minimum atomic E-state index is -0.232. The quantitative estimate of drug-likeness (QED) is 0.743. The van der Waals surface area contributed by atoms with Crippen molar-refractivity contribution < 1.29 is 4.79 Å². The molecule has 3 rings (SSSR count). The van der Waals surface area contributed by atoms with E-state index in [1.807, 2.05) is 22.6 Å². The Bertz CT molecular complexity index is 1000. The standard InChI is InChI=1S/C24H36N6O/c1-15(2)19-13-18(21-17(5)27-30(22(21)26-19)24(6,7)8)23(31)29-11-9-28(10-12-29)20(14-25)16(3)4/h13,15-16,20H,9-12H2,1-8H3. The van der Waals surface area contributed by atoms with Gasteiger partial charge in [0.1, 0.15) is 6.04 Å². The van der Waals surface area contributed by atoms with E-state index in [0.29, 0.717) is 31.7 Å². The summed E-state index contributed by atoms with van der Waals surface area (Å²) in [5.41, 5.74) is 2.98. The summed E-state index contributed by atoms with van der Waals surface area (Å²) in [4.78, 5) is 22.7. The van der Waals surface area contributed by atoms with Crippen LogP contribution in [0.4, 0.5) is 0 Å². The number of pyridine rings is 1. The van der Waals surface area contributed by atoms with Gasteiger partial charge < -0.3 is 4.90 Å². The van der Waals surface area contributed by atoms with Crippen LogP contribution in [0.15, 0.2) is 6.07 Å². The van der Waals surface area contributed by atoms with Crippen LogP contribution in [0.5, 0.6) is 0 Å². The first-order valence-electron chi connectivity index (χ1n) is 11.3. The molecular weight excluding hydrogens is 388 g/mol. The van der Waals surface area contributed by atoms with E-state index in [0.717, 1.165) is 22.4 Å². The van der Waals surface area contributed by atoms with Gasteiger partial charge in [0, 0.05) is 31.9 Å². The predicted molar refractivity (Wildman–Crippen MR) is 123 cm³/mol. The van der Waals surface area contributed by atoms with Crippen LogP contribution in [-0.2, 0) is 5.54 Å². The summed E-state index contributed by atoms with van der Waals surface area (Å²) in [7, 11) is 0. The highest BCUT2D eigenvalue weighted by atomic mass is 16.2. The Morgan fingerprint density at radius 1 is 1.13 bits per heavy atom. The molecule has 0 aromatic carbocycles. The predicted octanol–water partition coefficient (Wildman–Crippen LogP) is 3.92. The zero-order valence-corrected chi connectivity index (χ0v) is 20.2. The maximum Gasteiger partial charge on any atom is 0.254 e. The molecule has 0 saturated carbocycles. The molecule has 1 fully saturated rings. The smallest absolute Gasteiger partial charge is 0.254 e. The number of aryl methyl sites for hydroxylation is 1. The molecule has 2 aromatic rings. The van der Waals surface area contributed by atoms with Crippen molar-refractivity contribution in [3.8, 4) is 6.07 Å². The van der Waals surface area contributed by atoms with Crippen LogP contribution in [0.1, 0.15) is 76.1 Å². The van der Waals surface area contributed by atoms with Crippen molar-refractivity contribution in [1.29, 1.82) is 5.26 Å². The third-order valence-corrected chi connectivity index (χ3v) is 6.05. The van der Waals surface area contributed by atoms with E-state index in [-0.39, 0.29) is 29.3 Å². The van der Waals surface area contributed by atoms with Gasteiger partial charge in [0.05, 0.1) is 28.3 Å². The molecule has 0 N–H and O–H groups in total. The Kier molecular flexibility index (Phi) is 6.43. The highest BCUT2D eigenvalue weighted by molar-refractivity contribution is 6.06. The molecule has 0 radical (unpaired) electrons. The summed E-state index contributed by atoms with van der Waals surface area (Å²) in [6.45, 7) is 19.3. The van der Waals surface area contributed by atoms with Gasteiger partial charge in [0.25, 0.3) is 5.91 Å². The van der Waals surface area contributed by atoms with Crippen LogP contribution in [0.2, 0.25) is 0 Å². The minimum Gasteiger partial charge on any atom is -0.336 e. The normalized spacial score (nSPS) is 16.9. The van der Waals surface area contributed by atoms with Crippen molar-refractivity contribution in [2.45, 2.75) is 72.9 Å². The van der Waals surface area contributed by atoms with Crippen molar-refractivity contribution in [3.63, 3.8) is 0 Å². The summed E-state index contributed by atoms with van der Waals surface area (Å²) in [6, 6.07) is 4.27. The van der Waals surface area contributed by atoms with Gasteiger partial charge in [-0.3, -0.25) is 9.69 Å². The zero-order chi connectivity index (χ0) is 23.1. The topological polar surface area (TPSA) is 78.1 Å². The van der Waals surface area contributed by atoms with E-state index in [1.165, 1.54) is 0 Å². The van der Waals surface area contributed by atoms with Crippen molar-refractivity contribution >= 4 is 16.9 Å². The molecule has 3 heterocycles. The van der Waals surface area contributed by atoms with Crippen LogP contribution >= 0.6 is 0 Å². The number of rotatable bonds is 4. The first kappa shape index (κ1) is 23.2. The first-order chi connectivity index (χ1) is 14.5. The van der Waals surface area contributed by atoms with Crippen LogP contribution in [-0.4, -0.2) is 62.7 Å². The van der Waals surface area contributed by atoms with Gasteiger partial charge in [-0.15, -0.1) is 0 Å². The van der Waals surface area contributed by atoms with Gasteiger partial charge in [-0.25, -0.2) is 9.67 Å². The van der Waals surface area contributed by atoms with Crippen molar-refractivity contribution in [3.05, 3.63) is 23.0 Å².